The van der Waals surface area contributed by atoms with Gasteiger partial charge in [-0.1, -0.05) is 36.2 Å². The zero-order chi connectivity index (χ0) is 20.6. The molecule has 1 atom stereocenters. The summed E-state index contributed by atoms with van der Waals surface area (Å²) in [4.78, 5) is 0.386. The number of halogens is 1. The first kappa shape index (κ1) is 20.9. The smallest absolute Gasteiger partial charge is 0.241 e. The zero-order valence-corrected chi connectivity index (χ0v) is 18.6. The second-order valence-corrected chi connectivity index (χ2v) is 9.64. The SMILES string of the molecule is CC[C@@H](Cn1c(C)cc2cc(Cl)ccc21)NS(=O)(=O)c1c(C)cc(C)cc1C. The van der Waals surface area contributed by atoms with Crippen LogP contribution < -0.4 is 4.72 Å². The molecule has 0 fully saturated rings. The summed E-state index contributed by atoms with van der Waals surface area (Å²) in [5, 5.41) is 1.76. The highest BCUT2D eigenvalue weighted by molar-refractivity contribution is 7.89. The van der Waals surface area contributed by atoms with Crippen molar-refractivity contribution in [1.29, 1.82) is 0 Å². The molecule has 0 saturated carbocycles. The summed E-state index contributed by atoms with van der Waals surface area (Å²) < 4.78 is 31.4. The molecule has 0 saturated heterocycles. The maximum atomic E-state index is 13.1. The number of aromatic nitrogens is 1. The molecular formula is C22H27ClN2O2S. The van der Waals surface area contributed by atoms with Crippen molar-refractivity contribution in [1.82, 2.24) is 9.29 Å². The van der Waals surface area contributed by atoms with Crippen LogP contribution in [-0.4, -0.2) is 19.0 Å². The van der Waals surface area contributed by atoms with Crippen molar-refractivity contribution in [2.24, 2.45) is 0 Å². The van der Waals surface area contributed by atoms with E-state index in [9.17, 15) is 8.42 Å². The fourth-order valence-electron chi connectivity index (χ4n) is 3.96. The Balaban J connectivity index is 1.92. The van der Waals surface area contributed by atoms with Crippen molar-refractivity contribution in [3.05, 3.63) is 63.8 Å². The standard InChI is InChI=1S/C22H27ClN2O2S/c1-6-20(13-25-17(5)11-18-12-19(23)7-8-21(18)25)24-28(26,27)22-15(3)9-14(2)10-16(22)4/h7-12,20,24H,6,13H2,1-5H3/t20-/m0/s1. The van der Waals surface area contributed by atoms with E-state index in [1.807, 2.05) is 65.0 Å². The van der Waals surface area contributed by atoms with Gasteiger partial charge in [0, 0.05) is 34.2 Å². The molecule has 4 nitrogen and oxygen atoms in total. The van der Waals surface area contributed by atoms with Crippen molar-refractivity contribution < 1.29 is 8.42 Å². The summed E-state index contributed by atoms with van der Waals surface area (Å²) in [6.45, 7) is 10.3. The summed E-state index contributed by atoms with van der Waals surface area (Å²) in [5.41, 5.74) is 4.75. The van der Waals surface area contributed by atoms with Gasteiger partial charge in [-0.05, 0) is 69.5 Å². The van der Waals surface area contributed by atoms with E-state index in [0.717, 1.165) is 33.3 Å². The number of benzene rings is 2. The van der Waals surface area contributed by atoms with Gasteiger partial charge in [0.1, 0.15) is 0 Å². The average Bonchev–Trinajstić information content (AvgIpc) is 2.87. The Bertz CT molecular complexity index is 1110. The molecule has 1 heterocycles. The van der Waals surface area contributed by atoms with Gasteiger partial charge < -0.3 is 4.57 Å². The molecule has 6 heteroatoms. The predicted octanol–water partition coefficient (Wildman–Crippen LogP) is 5.29. The molecule has 2 aromatic carbocycles. The number of hydrogen-bond acceptors (Lipinski definition) is 2. The maximum Gasteiger partial charge on any atom is 0.241 e. The lowest BCUT2D eigenvalue weighted by Crippen LogP contribution is -2.38. The first-order valence-corrected chi connectivity index (χ1v) is 11.3. The quantitative estimate of drug-likeness (QED) is 0.591. The Morgan fingerprint density at radius 2 is 1.68 bits per heavy atom. The minimum atomic E-state index is -3.61. The highest BCUT2D eigenvalue weighted by atomic mass is 35.5. The van der Waals surface area contributed by atoms with Crippen LogP contribution in [0.5, 0.6) is 0 Å². The largest absolute Gasteiger partial charge is 0.343 e. The molecule has 0 aliphatic carbocycles. The Morgan fingerprint density at radius 3 is 2.29 bits per heavy atom. The normalized spacial score (nSPS) is 13.2. The van der Waals surface area contributed by atoms with Crippen LogP contribution in [0.25, 0.3) is 10.9 Å². The molecule has 150 valence electrons. The number of hydrogen-bond donors (Lipinski definition) is 1. The average molecular weight is 419 g/mol. The van der Waals surface area contributed by atoms with Gasteiger partial charge in [-0.15, -0.1) is 0 Å². The molecular weight excluding hydrogens is 392 g/mol. The molecule has 0 unspecified atom stereocenters. The lowest BCUT2D eigenvalue weighted by Gasteiger charge is -2.21. The second-order valence-electron chi connectivity index (χ2n) is 7.55. The third-order valence-corrected chi connectivity index (χ3v) is 7.22. The lowest BCUT2D eigenvalue weighted by molar-refractivity contribution is 0.487. The van der Waals surface area contributed by atoms with Crippen LogP contribution >= 0.6 is 11.6 Å². The number of aryl methyl sites for hydroxylation is 4. The van der Waals surface area contributed by atoms with Crippen molar-refractivity contribution in [2.45, 2.75) is 58.5 Å². The molecule has 0 bridgehead atoms. The number of fused-ring (bicyclic) bond motifs is 1. The van der Waals surface area contributed by atoms with E-state index in [0.29, 0.717) is 22.9 Å². The minimum absolute atomic E-state index is 0.213. The Hall–Kier alpha value is -1.82. The molecule has 1 aromatic heterocycles. The minimum Gasteiger partial charge on any atom is -0.343 e. The lowest BCUT2D eigenvalue weighted by atomic mass is 10.1. The number of nitrogens with zero attached hydrogens (tertiary/aromatic N) is 1. The Labute approximate surface area is 172 Å². The molecule has 0 aliphatic heterocycles. The maximum absolute atomic E-state index is 13.1. The summed E-state index contributed by atoms with van der Waals surface area (Å²) in [5.74, 6) is 0. The second kappa shape index (κ2) is 7.90. The molecule has 0 radical (unpaired) electrons. The first-order chi connectivity index (χ1) is 13.1. The van der Waals surface area contributed by atoms with Gasteiger partial charge in [0.05, 0.1) is 4.90 Å². The third-order valence-electron chi connectivity index (χ3n) is 5.16. The monoisotopic (exact) mass is 418 g/mol. The van der Waals surface area contributed by atoms with Crippen LogP contribution in [0.4, 0.5) is 0 Å². The Kier molecular flexibility index (Phi) is 5.89. The van der Waals surface area contributed by atoms with E-state index in [-0.39, 0.29) is 6.04 Å². The molecule has 0 spiro atoms. The molecule has 3 rings (SSSR count). The summed E-state index contributed by atoms with van der Waals surface area (Å²) in [6.07, 6.45) is 0.690. The van der Waals surface area contributed by atoms with Crippen LogP contribution in [0.15, 0.2) is 41.3 Å². The number of rotatable bonds is 6. The Morgan fingerprint density at radius 1 is 1.04 bits per heavy atom. The van der Waals surface area contributed by atoms with Crippen molar-refractivity contribution in [3.8, 4) is 0 Å². The molecule has 28 heavy (non-hydrogen) atoms. The van der Waals surface area contributed by atoms with Crippen LogP contribution in [0.2, 0.25) is 5.02 Å². The summed E-state index contributed by atoms with van der Waals surface area (Å²) in [7, 11) is -3.61. The molecule has 3 aromatic rings. The van der Waals surface area contributed by atoms with Gasteiger partial charge in [-0.2, -0.15) is 0 Å². The van der Waals surface area contributed by atoms with Crippen LogP contribution in [-0.2, 0) is 16.6 Å². The number of nitrogens with one attached hydrogen (secondary N) is 1. The fraction of sp³-hybridized carbons (Fsp3) is 0.364. The van der Waals surface area contributed by atoms with Crippen molar-refractivity contribution in [3.63, 3.8) is 0 Å². The van der Waals surface area contributed by atoms with Crippen molar-refractivity contribution >= 4 is 32.5 Å². The van der Waals surface area contributed by atoms with Crippen molar-refractivity contribution in [2.75, 3.05) is 0 Å². The van der Waals surface area contributed by atoms with Crippen LogP contribution in [0.3, 0.4) is 0 Å². The molecule has 0 aliphatic rings. The highest BCUT2D eigenvalue weighted by Gasteiger charge is 2.24. The third kappa shape index (κ3) is 4.12. The zero-order valence-electron chi connectivity index (χ0n) is 17.0. The predicted molar refractivity (Wildman–Crippen MR) is 117 cm³/mol. The van der Waals surface area contributed by atoms with E-state index in [1.165, 1.54) is 0 Å². The van der Waals surface area contributed by atoms with E-state index >= 15 is 0 Å². The molecule has 1 N–H and O–H groups in total. The molecule has 0 amide bonds. The first-order valence-electron chi connectivity index (χ1n) is 9.48. The van der Waals surface area contributed by atoms with Crippen LogP contribution in [0.1, 0.15) is 35.7 Å². The van der Waals surface area contributed by atoms with Gasteiger partial charge >= 0.3 is 0 Å². The van der Waals surface area contributed by atoms with Gasteiger partial charge in [-0.25, -0.2) is 13.1 Å². The van der Waals surface area contributed by atoms with Gasteiger partial charge in [0.25, 0.3) is 0 Å². The van der Waals surface area contributed by atoms with Gasteiger partial charge in [0.15, 0.2) is 0 Å². The van der Waals surface area contributed by atoms with E-state index < -0.39 is 10.0 Å². The summed E-state index contributed by atoms with van der Waals surface area (Å²) >= 11 is 6.11. The fourth-order valence-corrected chi connectivity index (χ4v) is 5.91. The number of sulfonamides is 1. The van der Waals surface area contributed by atoms with E-state index in [1.54, 1.807) is 0 Å². The van der Waals surface area contributed by atoms with Gasteiger partial charge in [-0.3, -0.25) is 0 Å². The summed E-state index contributed by atoms with van der Waals surface area (Å²) in [6, 6.07) is 11.5. The highest BCUT2D eigenvalue weighted by Crippen LogP contribution is 2.25. The topological polar surface area (TPSA) is 51.1 Å². The van der Waals surface area contributed by atoms with E-state index in [4.69, 9.17) is 11.6 Å². The van der Waals surface area contributed by atoms with E-state index in [2.05, 4.69) is 15.4 Å². The van der Waals surface area contributed by atoms with Gasteiger partial charge in [0.2, 0.25) is 10.0 Å². The van der Waals surface area contributed by atoms with Crippen LogP contribution in [0, 0.1) is 27.7 Å².